The number of methoxy groups -OCH3 is 1. The molecule has 1 aromatic heterocycles. The van der Waals surface area contributed by atoms with Gasteiger partial charge in [-0.25, -0.2) is 4.79 Å². The molecule has 37 heavy (non-hydrogen) atoms. The number of dihydropyridines is 1. The van der Waals surface area contributed by atoms with E-state index in [-0.39, 0.29) is 40.8 Å². The van der Waals surface area contributed by atoms with Gasteiger partial charge in [-0.15, -0.1) is 0 Å². The summed E-state index contributed by atoms with van der Waals surface area (Å²) in [6.45, 7) is 5.29. The number of Topliss-reactive ketones (excluding diaryl/α,β-unsaturated/α-hetero) is 1. The molecule has 1 aliphatic carbocycles. The lowest BCUT2D eigenvalue weighted by Gasteiger charge is -2.36. The number of hydrogen-bond acceptors (Lipinski definition) is 7. The Kier molecular flexibility index (Phi) is 6.46. The highest BCUT2D eigenvalue weighted by Crippen LogP contribution is 2.46. The van der Waals surface area contributed by atoms with Gasteiger partial charge in [-0.3, -0.25) is 9.59 Å². The van der Waals surface area contributed by atoms with Gasteiger partial charge in [0.05, 0.1) is 36.4 Å². The highest BCUT2D eigenvalue weighted by molar-refractivity contribution is 6.04. The van der Waals surface area contributed by atoms with Gasteiger partial charge in [-0.05, 0) is 51.0 Å². The zero-order chi connectivity index (χ0) is 26.3. The SMILES string of the molecule is COc1ccccc1[C@H]1CC(=O)C2=C(C1)NC(C)=C(C(=O)OC(C)C)[C@@H]2c1coc2ccccc2c1=O. The molecule has 0 saturated heterocycles. The van der Waals surface area contributed by atoms with Crippen LogP contribution in [0.25, 0.3) is 11.0 Å². The van der Waals surface area contributed by atoms with Crippen molar-refractivity contribution >= 4 is 22.7 Å². The van der Waals surface area contributed by atoms with E-state index in [0.717, 1.165) is 11.3 Å². The molecular weight excluding hydrogens is 470 g/mol. The maximum Gasteiger partial charge on any atom is 0.337 e. The molecule has 190 valence electrons. The Bertz CT molecular complexity index is 1530. The fourth-order valence-electron chi connectivity index (χ4n) is 5.41. The van der Waals surface area contributed by atoms with Crippen molar-refractivity contribution in [3.63, 3.8) is 0 Å². The van der Waals surface area contributed by atoms with Gasteiger partial charge < -0.3 is 19.2 Å². The lowest BCUT2D eigenvalue weighted by molar-refractivity contribution is -0.143. The first kappa shape index (κ1) is 24.6. The zero-order valence-corrected chi connectivity index (χ0v) is 21.3. The van der Waals surface area contributed by atoms with E-state index in [9.17, 15) is 14.4 Å². The van der Waals surface area contributed by atoms with Crippen LogP contribution in [0.3, 0.4) is 0 Å². The van der Waals surface area contributed by atoms with Crippen LogP contribution in [0.2, 0.25) is 0 Å². The molecule has 0 amide bonds. The number of ether oxygens (including phenoxy) is 2. The number of allylic oxidation sites excluding steroid dienone is 3. The number of para-hydroxylation sites is 2. The molecule has 0 bridgehead atoms. The van der Waals surface area contributed by atoms with Crippen molar-refractivity contribution in [1.82, 2.24) is 5.32 Å². The van der Waals surface area contributed by atoms with Crippen LogP contribution in [0.1, 0.15) is 56.6 Å². The third-order valence-electron chi connectivity index (χ3n) is 6.99. The van der Waals surface area contributed by atoms with Crippen LogP contribution in [0.4, 0.5) is 0 Å². The quantitative estimate of drug-likeness (QED) is 0.487. The Morgan fingerprint density at radius 1 is 1.03 bits per heavy atom. The third kappa shape index (κ3) is 4.35. The molecule has 0 spiro atoms. The van der Waals surface area contributed by atoms with Crippen LogP contribution in [-0.4, -0.2) is 25.0 Å². The molecule has 1 aliphatic heterocycles. The summed E-state index contributed by atoms with van der Waals surface area (Å²) >= 11 is 0. The first-order valence-electron chi connectivity index (χ1n) is 12.4. The van der Waals surface area contributed by atoms with Gasteiger partial charge in [-0.1, -0.05) is 30.3 Å². The summed E-state index contributed by atoms with van der Waals surface area (Å²) in [5.74, 6) is -0.983. The fraction of sp³-hybridized carbons (Fsp3) is 0.300. The lowest BCUT2D eigenvalue weighted by Crippen LogP contribution is -2.38. The van der Waals surface area contributed by atoms with Crippen LogP contribution >= 0.6 is 0 Å². The molecule has 0 saturated carbocycles. The number of carbonyl (C=O) groups is 2. The highest BCUT2D eigenvalue weighted by Gasteiger charge is 2.43. The summed E-state index contributed by atoms with van der Waals surface area (Å²) in [4.78, 5) is 40.8. The number of hydrogen-bond donors (Lipinski definition) is 1. The van der Waals surface area contributed by atoms with Crippen molar-refractivity contribution < 1.29 is 23.5 Å². The molecule has 3 aromatic rings. The second-order valence-corrected chi connectivity index (χ2v) is 9.73. The highest BCUT2D eigenvalue weighted by atomic mass is 16.5. The van der Waals surface area contributed by atoms with Crippen molar-refractivity contribution in [2.75, 3.05) is 7.11 Å². The summed E-state index contributed by atoms with van der Waals surface area (Å²) in [6, 6.07) is 14.6. The molecule has 0 unspecified atom stereocenters. The van der Waals surface area contributed by atoms with Crippen LogP contribution in [0.5, 0.6) is 5.75 Å². The minimum absolute atomic E-state index is 0.111. The summed E-state index contributed by atoms with van der Waals surface area (Å²) in [5, 5.41) is 3.70. The van der Waals surface area contributed by atoms with Gasteiger partial charge in [0.1, 0.15) is 11.3 Å². The van der Waals surface area contributed by atoms with Crippen LogP contribution in [-0.2, 0) is 14.3 Å². The maximum atomic E-state index is 13.8. The number of esters is 1. The molecular formula is C30H29NO6. The van der Waals surface area contributed by atoms with Crippen molar-refractivity contribution in [1.29, 1.82) is 0 Å². The number of ketones is 1. The van der Waals surface area contributed by atoms with Gasteiger partial charge in [0.25, 0.3) is 0 Å². The average Bonchev–Trinajstić information content (AvgIpc) is 2.87. The van der Waals surface area contributed by atoms with E-state index in [1.54, 1.807) is 52.1 Å². The Balaban J connectivity index is 1.67. The topological polar surface area (TPSA) is 94.8 Å². The van der Waals surface area contributed by atoms with E-state index < -0.39 is 11.9 Å². The van der Waals surface area contributed by atoms with Gasteiger partial charge in [0.15, 0.2) is 11.2 Å². The average molecular weight is 500 g/mol. The largest absolute Gasteiger partial charge is 0.496 e. The monoisotopic (exact) mass is 499 g/mol. The zero-order valence-electron chi connectivity index (χ0n) is 21.3. The second kappa shape index (κ2) is 9.73. The summed E-state index contributed by atoms with van der Waals surface area (Å²) in [6.07, 6.45) is 1.76. The van der Waals surface area contributed by atoms with E-state index in [0.29, 0.717) is 34.4 Å². The van der Waals surface area contributed by atoms with Crippen molar-refractivity contribution in [2.24, 2.45) is 0 Å². The Morgan fingerprint density at radius 3 is 2.51 bits per heavy atom. The van der Waals surface area contributed by atoms with Gasteiger partial charge in [0, 0.05) is 34.9 Å². The van der Waals surface area contributed by atoms with Gasteiger partial charge >= 0.3 is 5.97 Å². The number of nitrogens with one attached hydrogen (secondary N) is 1. The standard InChI is InChI=1S/C30H29NO6/c1-16(2)37-30(34)26-17(3)31-22-13-18(19-9-5-7-11-24(19)35-4)14-23(32)28(22)27(26)21-15-36-25-12-8-6-10-20(25)29(21)33/h5-12,15-16,18,27,31H,13-14H2,1-4H3/t18-,27+/m1/s1. The molecule has 2 heterocycles. The molecule has 2 atom stereocenters. The first-order valence-corrected chi connectivity index (χ1v) is 12.4. The predicted molar refractivity (Wildman–Crippen MR) is 139 cm³/mol. The van der Waals surface area contributed by atoms with Crippen LogP contribution in [0, 0.1) is 0 Å². The molecule has 7 heteroatoms. The minimum Gasteiger partial charge on any atom is -0.496 e. The van der Waals surface area contributed by atoms with E-state index in [1.165, 1.54) is 6.26 Å². The van der Waals surface area contributed by atoms with Crippen molar-refractivity contribution in [2.45, 2.75) is 51.6 Å². The summed E-state index contributed by atoms with van der Waals surface area (Å²) in [5.41, 5.74) is 3.26. The van der Waals surface area contributed by atoms with Gasteiger partial charge in [-0.2, -0.15) is 0 Å². The fourth-order valence-corrected chi connectivity index (χ4v) is 5.41. The Hall–Kier alpha value is -4.13. The van der Waals surface area contributed by atoms with E-state index in [1.807, 2.05) is 24.3 Å². The number of benzene rings is 2. The molecule has 0 fully saturated rings. The predicted octanol–water partition coefficient (Wildman–Crippen LogP) is 5.11. The second-order valence-electron chi connectivity index (χ2n) is 9.73. The summed E-state index contributed by atoms with van der Waals surface area (Å²) in [7, 11) is 1.61. The molecule has 0 radical (unpaired) electrons. The minimum atomic E-state index is -0.894. The summed E-state index contributed by atoms with van der Waals surface area (Å²) < 4.78 is 16.9. The Labute approximate surface area is 214 Å². The Morgan fingerprint density at radius 2 is 1.76 bits per heavy atom. The van der Waals surface area contributed by atoms with Gasteiger partial charge in [0.2, 0.25) is 0 Å². The first-order chi connectivity index (χ1) is 17.8. The number of carbonyl (C=O) groups excluding carboxylic acids is 2. The van der Waals surface area contributed by atoms with E-state index >= 15 is 0 Å². The smallest absolute Gasteiger partial charge is 0.337 e. The van der Waals surface area contributed by atoms with Crippen LogP contribution in [0.15, 0.2) is 86.5 Å². The molecule has 5 rings (SSSR count). The number of fused-ring (bicyclic) bond motifs is 1. The normalized spacial score (nSPS) is 19.6. The lowest BCUT2D eigenvalue weighted by atomic mass is 9.71. The van der Waals surface area contributed by atoms with E-state index in [2.05, 4.69) is 5.32 Å². The third-order valence-corrected chi connectivity index (χ3v) is 6.99. The van der Waals surface area contributed by atoms with Crippen molar-refractivity contribution in [3.8, 4) is 5.75 Å². The molecule has 2 aliphatic rings. The molecule has 7 nitrogen and oxygen atoms in total. The van der Waals surface area contributed by atoms with Crippen LogP contribution < -0.4 is 15.5 Å². The molecule has 1 N–H and O–H groups in total. The van der Waals surface area contributed by atoms with Crippen molar-refractivity contribution in [3.05, 3.63) is 98.7 Å². The van der Waals surface area contributed by atoms with E-state index in [4.69, 9.17) is 13.9 Å². The molecule has 2 aromatic carbocycles. The maximum absolute atomic E-state index is 13.8. The number of rotatable bonds is 5.